The van der Waals surface area contributed by atoms with E-state index in [2.05, 4.69) is 0 Å². The van der Waals surface area contributed by atoms with Crippen LogP contribution in [0.1, 0.15) is 6.92 Å². The molecular weight excluding hydrogens is 178 g/mol. The highest BCUT2D eigenvalue weighted by Crippen LogP contribution is 1.91. The SMILES string of the molecule is CCN(CS(=O)O)S(=O)O. The minimum Gasteiger partial charge on any atom is -0.305 e. The van der Waals surface area contributed by atoms with Gasteiger partial charge in [-0.2, -0.15) is 4.31 Å². The smallest absolute Gasteiger partial charge is 0.235 e. The molecule has 7 heteroatoms. The van der Waals surface area contributed by atoms with Gasteiger partial charge in [0.25, 0.3) is 0 Å². The maximum atomic E-state index is 10.3. The molecule has 0 radical (unpaired) electrons. The van der Waals surface area contributed by atoms with E-state index in [1.165, 1.54) is 0 Å². The van der Waals surface area contributed by atoms with Crippen molar-refractivity contribution in [2.75, 3.05) is 12.4 Å². The molecule has 0 rings (SSSR count). The highest BCUT2D eigenvalue weighted by molar-refractivity contribution is 7.81. The summed E-state index contributed by atoms with van der Waals surface area (Å²) in [6, 6.07) is 0. The summed E-state index contributed by atoms with van der Waals surface area (Å²) in [6.07, 6.45) is 0. The van der Waals surface area contributed by atoms with Crippen LogP contribution in [0, 0.1) is 0 Å². The Bertz CT molecular complexity index is 149. The largest absolute Gasteiger partial charge is 0.305 e. The van der Waals surface area contributed by atoms with Gasteiger partial charge >= 0.3 is 0 Å². The molecule has 0 aliphatic heterocycles. The van der Waals surface area contributed by atoms with Crippen LogP contribution in [0.15, 0.2) is 0 Å². The van der Waals surface area contributed by atoms with Gasteiger partial charge in [0.2, 0.25) is 11.3 Å². The Morgan fingerprint density at radius 2 is 1.90 bits per heavy atom. The maximum Gasteiger partial charge on any atom is 0.235 e. The van der Waals surface area contributed by atoms with Gasteiger partial charge in [0.15, 0.2) is 11.1 Å². The zero-order valence-corrected chi connectivity index (χ0v) is 7.02. The monoisotopic (exact) mass is 187 g/mol. The van der Waals surface area contributed by atoms with Crippen molar-refractivity contribution in [3.8, 4) is 0 Å². The second kappa shape index (κ2) is 4.91. The van der Waals surface area contributed by atoms with Crippen molar-refractivity contribution in [1.82, 2.24) is 4.31 Å². The Labute approximate surface area is 64.1 Å². The fraction of sp³-hybridized carbons (Fsp3) is 1.00. The molecule has 0 fully saturated rings. The summed E-state index contributed by atoms with van der Waals surface area (Å²) in [6.45, 7) is 1.90. The van der Waals surface area contributed by atoms with E-state index in [4.69, 9.17) is 9.11 Å². The van der Waals surface area contributed by atoms with Crippen LogP contribution in [0.25, 0.3) is 0 Å². The average molecular weight is 187 g/mol. The first-order valence-electron chi connectivity index (χ1n) is 2.51. The highest BCUT2D eigenvalue weighted by atomic mass is 32.2. The Balaban J connectivity index is 3.83. The Hall–Kier alpha value is 0.180. The van der Waals surface area contributed by atoms with Gasteiger partial charge in [0.05, 0.1) is 0 Å². The molecule has 0 aromatic carbocycles. The molecule has 2 N–H and O–H groups in total. The van der Waals surface area contributed by atoms with Crippen molar-refractivity contribution in [3.63, 3.8) is 0 Å². The average Bonchev–Trinajstić information content (AvgIpc) is 1.81. The molecule has 0 amide bonds. The summed E-state index contributed by atoms with van der Waals surface area (Å²) in [7, 11) is 0. The third-order valence-corrected chi connectivity index (χ3v) is 2.35. The summed E-state index contributed by atoms with van der Waals surface area (Å²) in [5.74, 6) is -0.292. The molecule has 0 saturated carbocycles. The molecule has 2 atom stereocenters. The summed E-state index contributed by atoms with van der Waals surface area (Å²) in [4.78, 5) is 0. The van der Waals surface area contributed by atoms with Gasteiger partial charge in [-0.1, -0.05) is 6.92 Å². The van der Waals surface area contributed by atoms with E-state index in [1.54, 1.807) is 6.92 Å². The van der Waals surface area contributed by atoms with E-state index in [1.807, 2.05) is 0 Å². The highest BCUT2D eigenvalue weighted by Gasteiger charge is 2.09. The first-order chi connectivity index (χ1) is 4.57. The second-order valence-electron chi connectivity index (χ2n) is 1.48. The van der Waals surface area contributed by atoms with Crippen molar-refractivity contribution >= 4 is 22.3 Å². The van der Waals surface area contributed by atoms with Crippen LogP contribution >= 0.6 is 0 Å². The topological polar surface area (TPSA) is 77.8 Å². The Morgan fingerprint density at radius 3 is 2.00 bits per heavy atom. The van der Waals surface area contributed by atoms with Crippen LogP contribution in [0.4, 0.5) is 0 Å². The van der Waals surface area contributed by atoms with Gasteiger partial charge in [-0.25, -0.2) is 8.42 Å². The van der Waals surface area contributed by atoms with Crippen LogP contribution in [0.3, 0.4) is 0 Å². The molecule has 0 saturated heterocycles. The quantitative estimate of drug-likeness (QED) is 0.588. The lowest BCUT2D eigenvalue weighted by Gasteiger charge is -2.11. The summed E-state index contributed by atoms with van der Waals surface area (Å²) in [5.41, 5.74) is 0. The van der Waals surface area contributed by atoms with E-state index in [9.17, 15) is 8.42 Å². The van der Waals surface area contributed by atoms with Gasteiger partial charge in [-0.15, -0.1) is 0 Å². The molecule has 0 aliphatic rings. The van der Waals surface area contributed by atoms with Crippen molar-refractivity contribution in [1.29, 1.82) is 0 Å². The standard InChI is InChI=1S/C3H9NO4S2/c1-2-4(10(7)8)3-9(5)6/h2-3H2,1H3,(H,5,6)(H,7,8). The van der Waals surface area contributed by atoms with Crippen LogP contribution in [-0.2, 0) is 22.3 Å². The molecular formula is C3H9NO4S2. The van der Waals surface area contributed by atoms with Crippen molar-refractivity contribution in [3.05, 3.63) is 0 Å². The molecule has 0 aliphatic carbocycles. The third kappa shape index (κ3) is 4.07. The zero-order chi connectivity index (χ0) is 8.15. The molecule has 0 aromatic rings. The van der Waals surface area contributed by atoms with E-state index >= 15 is 0 Å². The molecule has 0 spiro atoms. The van der Waals surface area contributed by atoms with Gasteiger partial charge in [-0.3, -0.25) is 4.55 Å². The van der Waals surface area contributed by atoms with Gasteiger partial charge in [0.1, 0.15) is 5.88 Å². The van der Waals surface area contributed by atoms with Crippen LogP contribution in [0.2, 0.25) is 0 Å². The number of nitrogens with zero attached hydrogens (tertiary/aromatic N) is 1. The van der Waals surface area contributed by atoms with E-state index in [0.717, 1.165) is 4.31 Å². The zero-order valence-electron chi connectivity index (χ0n) is 5.39. The maximum absolute atomic E-state index is 10.3. The lowest BCUT2D eigenvalue weighted by molar-refractivity contribution is 0.438. The second-order valence-corrected chi connectivity index (χ2v) is 3.36. The first-order valence-corrected chi connectivity index (χ1v) is 4.85. The van der Waals surface area contributed by atoms with E-state index in [-0.39, 0.29) is 12.4 Å². The fourth-order valence-electron chi connectivity index (χ4n) is 0.370. The van der Waals surface area contributed by atoms with Crippen LogP contribution in [-0.4, -0.2) is 34.3 Å². The van der Waals surface area contributed by atoms with Crippen LogP contribution < -0.4 is 0 Å². The lowest BCUT2D eigenvalue weighted by Crippen LogP contribution is -2.28. The predicted octanol–water partition coefficient (Wildman–Crippen LogP) is -0.376. The van der Waals surface area contributed by atoms with Crippen molar-refractivity contribution < 1.29 is 17.5 Å². The first kappa shape index (κ1) is 10.2. The van der Waals surface area contributed by atoms with Crippen molar-refractivity contribution in [2.45, 2.75) is 6.92 Å². The third-order valence-electron chi connectivity index (χ3n) is 0.828. The van der Waals surface area contributed by atoms with Crippen LogP contribution in [0.5, 0.6) is 0 Å². The summed E-state index contributed by atoms with van der Waals surface area (Å²) in [5, 5.41) is 0. The van der Waals surface area contributed by atoms with E-state index in [0.29, 0.717) is 0 Å². The number of hydrogen-bond acceptors (Lipinski definition) is 2. The summed E-state index contributed by atoms with van der Waals surface area (Å²) >= 11 is -4.19. The predicted molar refractivity (Wildman–Crippen MR) is 38.8 cm³/mol. The molecule has 0 heterocycles. The minimum atomic E-state index is -2.14. The molecule has 62 valence electrons. The molecule has 0 aromatic heterocycles. The normalized spacial score (nSPS) is 17.2. The number of rotatable bonds is 4. The molecule has 2 unspecified atom stereocenters. The lowest BCUT2D eigenvalue weighted by atomic mass is 10.8. The van der Waals surface area contributed by atoms with Gasteiger partial charge < -0.3 is 4.55 Å². The molecule has 0 bridgehead atoms. The molecule has 5 nitrogen and oxygen atoms in total. The fourth-order valence-corrected chi connectivity index (χ4v) is 1.65. The minimum absolute atomic E-state index is 0.273. The van der Waals surface area contributed by atoms with E-state index < -0.39 is 22.3 Å². The molecule has 10 heavy (non-hydrogen) atoms. The van der Waals surface area contributed by atoms with Crippen molar-refractivity contribution in [2.24, 2.45) is 0 Å². The Kier molecular flexibility index (Phi) is 5.00. The van der Waals surface area contributed by atoms with Gasteiger partial charge in [-0.05, 0) is 0 Å². The Morgan fingerprint density at radius 1 is 1.40 bits per heavy atom. The summed E-state index contributed by atoms with van der Waals surface area (Å²) < 4.78 is 38.0. The number of hydrogen-bond donors (Lipinski definition) is 2. The van der Waals surface area contributed by atoms with Gasteiger partial charge in [0, 0.05) is 6.54 Å².